The molecule has 0 aliphatic rings. The second-order valence-electron chi connectivity index (χ2n) is 6.25. The number of hydrogen-bond acceptors (Lipinski definition) is 2. The minimum Gasteiger partial charge on any atom is -0.321 e. The lowest BCUT2D eigenvalue weighted by atomic mass is 10.0. The average Bonchev–Trinajstić information content (AvgIpc) is 2.71. The molecule has 0 heterocycles. The standard InChI is InChI=1S/C23H15BrCl2N2O/c24-21-12-15(5-6-16(21)13-17-3-1-2-4-22(17)26)11-18(14-27)23(29)28-20-9-7-19(25)8-10-20/h1-12H,13H2,(H,28,29)/b18-11+. The van der Waals surface area contributed by atoms with Crippen LogP contribution in [0.15, 0.2) is 76.8 Å². The molecule has 0 saturated heterocycles. The molecule has 0 unspecified atom stereocenters. The Bertz CT molecular complexity index is 1120. The Kier molecular flexibility index (Phi) is 7.11. The molecule has 0 atom stereocenters. The van der Waals surface area contributed by atoms with Crippen molar-refractivity contribution in [3.05, 3.63) is 104 Å². The minimum absolute atomic E-state index is 0.00528. The fourth-order valence-electron chi connectivity index (χ4n) is 2.69. The summed E-state index contributed by atoms with van der Waals surface area (Å²) in [6.45, 7) is 0. The Morgan fingerprint density at radius 1 is 1.03 bits per heavy atom. The SMILES string of the molecule is N#C/C(=C\c1ccc(Cc2ccccc2Cl)c(Br)c1)C(=O)Nc1ccc(Cl)cc1. The fraction of sp³-hybridized carbons (Fsp3) is 0.0435. The molecule has 6 heteroatoms. The van der Waals surface area contributed by atoms with E-state index in [2.05, 4.69) is 21.2 Å². The molecule has 3 aromatic rings. The van der Waals surface area contributed by atoms with E-state index in [9.17, 15) is 10.1 Å². The first-order valence-corrected chi connectivity index (χ1v) is 10.2. The molecule has 0 saturated carbocycles. The molecule has 0 aliphatic carbocycles. The van der Waals surface area contributed by atoms with Gasteiger partial charge in [0.05, 0.1) is 0 Å². The van der Waals surface area contributed by atoms with E-state index in [4.69, 9.17) is 23.2 Å². The number of nitrogens with one attached hydrogen (secondary N) is 1. The Labute approximate surface area is 187 Å². The molecule has 3 rings (SSSR count). The van der Waals surface area contributed by atoms with Gasteiger partial charge in [0.15, 0.2) is 0 Å². The van der Waals surface area contributed by atoms with Gasteiger partial charge in [-0.1, -0.05) is 69.5 Å². The lowest BCUT2D eigenvalue weighted by Gasteiger charge is -2.08. The summed E-state index contributed by atoms with van der Waals surface area (Å²) in [4.78, 5) is 12.4. The van der Waals surface area contributed by atoms with Crippen LogP contribution in [-0.4, -0.2) is 5.91 Å². The largest absolute Gasteiger partial charge is 0.321 e. The van der Waals surface area contributed by atoms with Crippen molar-refractivity contribution in [2.45, 2.75) is 6.42 Å². The van der Waals surface area contributed by atoms with E-state index in [0.717, 1.165) is 21.2 Å². The Balaban J connectivity index is 1.78. The van der Waals surface area contributed by atoms with E-state index in [-0.39, 0.29) is 5.57 Å². The fourth-order valence-corrected chi connectivity index (χ4v) is 3.56. The lowest BCUT2D eigenvalue weighted by molar-refractivity contribution is -0.112. The minimum atomic E-state index is -0.480. The smallest absolute Gasteiger partial charge is 0.266 e. The van der Waals surface area contributed by atoms with Crippen LogP contribution in [0.4, 0.5) is 5.69 Å². The van der Waals surface area contributed by atoms with Crippen LogP contribution >= 0.6 is 39.1 Å². The number of nitriles is 1. The van der Waals surface area contributed by atoms with Gasteiger partial charge in [-0.2, -0.15) is 5.26 Å². The van der Waals surface area contributed by atoms with Gasteiger partial charge in [0, 0.05) is 26.6 Å². The zero-order valence-electron chi connectivity index (χ0n) is 15.1. The van der Waals surface area contributed by atoms with Crippen molar-refractivity contribution in [2.75, 3.05) is 5.32 Å². The predicted molar refractivity (Wildman–Crippen MR) is 122 cm³/mol. The molecule has 0 fully saturated rings. The molecule has 1 N–H and O–H groups in total. The van der Waals surface area contributed by atoms with E-state index in [1.165, 1.54) is 0 Å². The molecule has 0 bridgehead atoms. The van der Waals surface area contributed by atoms with Crippen molar-refractivity contribution >= 4 is 56.8 Å². The van der Waals surface area contributed by atoms with Gasteiger partial charge in [-0.05, 0) is 59.2 Å². The molecule has 0 aliphatic heterocycles. The van der Waals surface area contributed by atoms with Gasteiger partial charge in [0.25, 0.3) is 5.91 Å². The van der Waals surface area contributed by atoms with Gasteiger partial charge < -0.3 is 5.32 Å². The monoisotopic (exact) mass is 484 g/mol. The van der Waals surface area contributed by atoms with Gasteiger partial charge >= 0.3 is 0 Å². The molecule has 3 nitrogen and oxygen atoms in total. The highest BCUT2D eigenvalue weighted by Crippen LogP contribution is 2.26. The van der Waals surface area contributed by atoms with Crippen molar-refractivity contribution in [2.24, 2.45) is 0 Å². The van der Waals surface area contributed by atoms with Gasteiger partial charge in [-0.25, -0.2) is 0 Å². The quantitative estimate of drug-likeness (QED) is 0.316. The number of amides is 1. The zero-order chi connectivity index (χ0) is 20.8. The third-order valence-corrected chi connectivity index (χ3v) is 5.55. The second kappa shape index (κ2) is 9.76. The third-order valence-electron chi connectivity index (χ3n) is 4.19. The first-order valence-electron chi connectivity index (χ1n) is 8.67. The summed E-state index contributed by atoms with van der Waals surface area (Å²) in [6, 6.07) is 22.0. The van der Waals surface area contributed by atoms with Crippen molar-refractivity contribution in [1.29, 1.82) is 5.26 Å². The van der Waals surface area contributed by atoms with Crippen molar-refractivity contribution in [1.82, 2.24) is 0 Å². The molecule has 0 aromatic heterocycles. The maximum Gasteiger partial charge on any atom is 0.266 e. The molecule has 144 valence electrons. The Morgan fingerprint density at radius 3 is 2.41 bits per heavy atom. The van der Waals surface area contributed by atoms with Crippen LogP contribution in [0.2, 0.25) is 10.0 Å². The molecule has 0 spiro atoms. The van der Waals surface area contributed by atoms with Gasteiger partial charge in [0.1, 0.15) is 11.6 Å². The second-order valence-corrected chi connectivity index (χ2v) is 7.95. The number of nitrogens with zero attached hydrogens (tertiary/aromatic N) is 1. The maximum absolute atomic E-state index is 12.4. The van der Waals surface area contributed by atoms with Gasteiger partial charge in [-0.3, -0.25) is 4.79 Å². The number of carbonyl (C=O) groups excluding carboxylic acids is 1. The molecule has 3 aromatic carbocycles. The first kappa shape index (κ1) is 21.1. The Hall–Kier alpha value is -2.58. The van der Waals surface area contributed by atoms with Crippen molar-refractivity contribution < 1.29 is 4.79 Å². The zero-order valence-corrected chi connectivity index (χ0v) is 18.2. The van der Waals surface area contributed by atoms with E-state index < -0.39 is 5.91 Å². The van der Waals surface area contributed by atoms with Crippen LogP contribution in [0.25, 0.3) is 6.08 Å². The van der Waals surface area contributed by atoms with Crippen LogP contribution in [0.1, 0.15) is 16.7 Å². The third kappa shape index (κ3) is 5.71. The Morgan fingerprint density at radius 2 is 1.76 bits per heavy atom. The highest BCUT2D eigenvalue weighted by atomic mass is 79.9. The molecular weight excluding hydrogens is 471 g/mol. The van der Waals surface area contributed by atoms with Gasteiger partial charge in [-0.15, -0.1) is 0 Å². The van der Waals surface area contributed by atoms with Gasteiger partial charge in [0.2, 0.25) is 0 Å². The molecule has 0 radical (unpaired) electrons. The summed E-state index contributed by atoms with van der Waals surface area (Å²) < 4.78 is 0.876. The highest BCUT2D eigenvalue weighted by Gasteiger charge is 2.11. The van der Waals surface area contributed by atoms with Crippen molar-refractivity contribution in [3.63, 3.8) is 0 Å². The predicted octanol–water partition coefficient (Wildman–Crippen LogP) is 6.89. The molecular formula is C23H15BrCl2N2O. The number of hydrogen-bond donors (Lipinski definition) is 1. The van der Waals surface area contributed by atoms with E-state index in [1.807, 2.05) is 48.5 Å². The summed E-state index contributed by atoms with van der Waals surface area (Å²) in [5.74, 6) is -0.480. The van der Waals surface area contributed by atoms with Crippen LogP contribution < -0.4 is 5.32 Å². The van der Waals surface area contributed by atoms with E-state index in [0.29, 0.717) is 22.2 Å². The van der Waals surface area contributed by atoms with Crippen LogP contribution in [0.3, 0.4) is 0 Å². The van der Waals surface area contributed by atoms with Crippen LogP contribution in [0.5, 0.6) is 0 Å². The molecule has 29 heavy (non-hydrogen) atoms. The topological polar surface area (TPSA) is 52.9 Å². The summed E-state index contributed by atoms with van der Waals surface area (Å²) in [7, 11) is 0. The lowest BCUT2D eigenvalue weighted by Crippen LogP contribution is -2.13. The number of benzene rings is 3. The summed E-state index contributed by atoms with van der Waals surface area (Å²) >= 11 is 15.7. The van der Waals surface area contributed by atoms with Crippen molar-refractivity contribution in [3.8, 4) is 6.07 Å². The number of carbonyl (C=O) groups is 1. The first-order chi connectivity index (χ1) is 14.0. The highest BCUT2D eigenvalue weighted by molar-refractivity contribution is 9.10. The van der Waals surface area contributed by atoms with E-state index >= 15 is 0 Å². The summed E-state index contributed by atoms with van der Waals surface area (Å²) in [5, 5.41) is 13.4. The van der Waals surface area contributed by atoms with E-state index in [1.54, 1.807) is 30.3 Å². The van der Waals surface area contributed by atoms with Crippen LogP contribution in [-0.2, 0) is 11.2 Å². The van der Waals surface area contributed by atoms with Crippen LogP contribution in [0, 0.1) is 11.3 Å². The maximum atomic E-state index is 12.4. The number of anilines is 1. The average molecular weight is 486 g/mol. The summed E-state index contributed by atoms with van der Waals surface area (Å²) in [6.07, 6.45) is 2.22. The number of rotatable bonds is 5. The molecule has 1 amide bonds. The summed E-state index contributed by atoms with van der Waals surface area (Å²) in [5.41, 5.74) is 3.39. The number of halogens is 3. The normalized spacial score (nSPS) is 11.0.